The minimum absolute atomic E-state index is 0.117. The predicted octanol–water partition coefficient (Wildman–Crippen LogP) is 2.73. The van der Waals surface area contributed by atoms with Gasteiger partial charge in [0.25, 0.3) is 5.91 Å². The molecule has 1 amide bonds. The average molecular weight is 437 g/mol. The highest BCUT2D eigenvalue weighted by Crippen LogP contribution is 2.33. The van der Waals surface area contributed by atoms with Gasteiger partial charge in [-0.1, -0.05) is 18.2 Å². The molecular formula is C21H25FN2O5S. The van der Waals surface area contributed by atoms with Gasteiger partial charge in [-0.25, -0.2) is 12.8 Å². The third-order valence-corrected chi connectivity index (χ3v) is 7.15. The second kappa shape index (κ2) is 9.01. The number of ether oxygens (including phenoxy) is 2. The average Bonchev–Trinajstić information content (AvgIpc) is 2.74. The van der Waals surface area contributed by atoms with Gasteiger partial charge in [-0.2, -0.15) is 4.31 Å². The quantitative estimate of drug-likeness (QED) is 0.753. The molecule has 162 valence electrons. The first-order valence-electron chi connectivity index (χ1n) is 9.56. The summed E-state index contributed by atoms with van der Waals surface area (Å²) in [7, 11) is -1.35. The lowest BCUT2D eigenvalue weighted by Crippen LogP contribution is -2.46. The van der Waals surface area contributed by atoms with Crippen LogP contribution in [0.25, 0.3) is 0 Å². The standard InChI is InChI=1S/C21H25FN2O5S/c1-14-6-4-5-7-16(14)21(25)23-15-8-10-24(11-9-15)30(26,27)20-13-19(29-3)18(28-2)12-17(20)22/h4-7,12-13,15H,8-11H2,1-3H3,(H,23,25). The van der Waals surface area contributed by atoms with E-state index in [9.17, 15) is 17.6 Å². The van der Waals surface area contributed by atoms with Crippen LogP contribution in [0.3, 0.4) is 0 Å². The summed E-state index contributed by atoms with van der Waals surface area (Å²) >= 11 is 0. The number of amides is 1. The van der Waals surface area contributed by atoms with Crippen LogP contribution in [0.1, 0.15) is 28.8 Å². The predicted molar refractivity (Wildman–Crippen MR) is 110 cm³/mol. The minimum Gasteiger partial charge on any atom is -0.493 e. The normalized spacial score (nSPS) is 15.6. The molecule has 2 aromatic rings. The molecule has 0 aliphatic carbocycles. The molecule has 9 heteroatoms. The summed E-state index contributed by atoms with van der Waals surface area (Å²) in [6, 6.07) is 9.26. The highest BCUT2D eigenvalue weighted by atomic mass is 32.2. The number of nitrogens with one attached hydrogen (secondary N) is 1. The fourth-order valence-corrected chi connectivity index (χ4v) is 5.03. The van der Waals surface area contributed by atoms with Crippen molar-refractivity contribution in [1.29, 1.82) is 0 Å². The Labute approximate surface area is 175 Å². The molecule has 1 fully saturated rings. The van der Waals surface area contributed by atoms with Crippen LogP contribution in [0.15, 0.2) is 41.3 Å². The molecule has 1 saturated heterocycles. The summed E-state index contributed by atoms with van der Waals surface area (Å²) in [4.78, 5) is 12.0. The molecule has 1 aliphatic rings. The molecule has 2 aromatic carbocycles. The summed E-state index contributed by atoms with van der Waals surface area (Å²) in [6.07, 6.45) is 0.873. The second-order valence-corrected chi connectivity index (χ2v) is 9.01. The first-order chi connectivity index (χ1) is 14.3. The number of carbonyl (C=O) groups excluding carboxylic acids is 1. The lowest BCUT2D eigenvalue weighted by molar-refractivity contribution is 0.0923. The number of sulfonamides is 1. The number of carbonyl (C=O) groups is 1. The van der Waals surface area contributed by atoms with Crippen molar-refractivity contribution in [3.63, 3.8) is 0 Å². The van der Waals surface area contributed by atoms with Gasteiger partial charge in [0.15, 0.2) is 11.5 Å². The molecule has 7 nitrogen and oxygen atoms in total. The Morgan fingerprint density at radius 3 is 2.30 bits per heavy atom. The van der Waals surface area contributed by atoms with Crippen LogP contribution >= 0.6 is 0 Å². The maximum Gasteiger partial charge on any atom is 0.251 e. The van der Waals surface area contributed by atoms with Crippen molar-refractivity contribution >= 4 is 15.9 Å². The number of hydrogen-bond acceptors (Lipinski definition) is 5. The molecule has 0 atom stereocenters. The Hall–Kier alpha value is -2.65. The van der Waals surface area contributed by atoms with Crippen LogP contribution in [0.4, 0.5) is 4.39 Å². The number of methoxy groups -OCH3 is 2. The third kappa shape index (κ3) is 4.41. The van der Waals surface area contributed by atoms with Crippen molar-refractivity contribution in [2.75, 3.05) is 27.3 Å². The lowest BCUT2D eigenvalue weighted by atomic mass is 10.0. The number of benzene rings is 2. The maximum atomic E-state index is 14.5. The molecular weight excluding hydrogens is 411 g/mol. The summed E-state index contributed by atoms with van der Waals surface area (Å²) in [5.74, 6) is -0.826. The Morgan fingerprint density at radius 2 is 1.70 bits per heavy atom. The Morgan fingerprint density at radius 1 is 1.10 bits per heavy atom. The molecule has 0 aromatic heterocycles. The van der Waals surface area contributed by atoms with E-state index in [-0.39, 0.29) is 36.5 Å². The highest BCUT2D eigenvalue weighted by molar-refractivity contribution is 7.89. The van der Waals surface area contributed by atoms with E-state index in [0.717, 1.165) is 17.7 Å². The van der Waals surface area contributed by atoms with Gasteiger partial charge in [0.2, 0.25) is 10.0 Å². The van der Waals surface area contributed by atoms with E-state index in [1.807, 2.05) is 19.1 Å². The van der Waals surface area contributed by atoms with E-state index in [0.29, 0.717) is 18.4 Å². The van der Waals surface area contributed by atoms with Crippen LogP contribution in [-0.4, -0.2) is 52.0 Å². The summed E-state index contributed by atoms with van der Waals surface area (Å²) < 4.78 is 51.8. The van der Waals surface area contributed by atoms with Crippen LogP contribution < -0.4 is 14.8 Å². The van der Waals surface area contributed by atoms with Crippen molar-refractivity contribution in [1.82, 2.24) is 9.62 Å². The van der Waals surface area contributed by atoms with Crippen molar-refractivity contribution in [2.24, 2.45) is 0 Å². The van der Waals surface area contributed by atoms with Crippen molar-refractivity contribution in [3.05, 3.63) is 53.3 Å². The van der Waals surface area contributed by atoms with E-state index in [1.165, 1.54) is 18.5 Å². The van der Waals surface area contributed by atoms with Gasteiger partial charge in [-0.15, -0.1) is 0 Å². The van der Waals surface area contributed by atoms with Gasteiger partial charge in [0.05, 0.1) is 14.2 Å². The number of halogens is 1. The van der Waals surface area contributed by atoms with Gasteiger partial charge >= 0.3 is 0 Å². The van der Waals surface area contributed by atoms with Crippen molar-refractivity contribution in [2.45, 2.75) is 30.7 Å². The van der Waals surface area contributed by atoms with E-state index >= 15 is 0 Å². The van der Waals surface area contributed by atoms with Crippen LogP contribution in [0.2, 0.25) is 0 Å². The largest absolute Gasteiger partial charge is 0.493 e. The molecule has 0 radical (unpaired) electrons. The molecule has 1 N–H and O–H groups in total. The SMILES string of the molecule is COc1cc(F)c(S(=O)(=O)N2CCC(NC(=O)c3ccccc3C)CC2)cc1OC. The summed E-state index contributed by atoms with van der Waals surface area (Å²) in [6.45, 7) is 2.21. The van der Waals surface area contributed by atoms with E-state index in [4.69, 9.17) is 9.47 Å². The van der Waals surface area contributed by atoms with Crippen LogP contribution in [-0.2, 0) is 10.0 Å². The smallest absolute Gasteiger partial charge is 0.251 e. The number of rotatable bonds is 6. The fourth-order valence-electron chi connectivity index (χ4n) is 3.50. The van der Waals surface area contributed by atoms with Gasteiger partial charge in [-0.05, 0) is 31.4 Å². The van der Waals surface area contributed by atoms with E-state index < -0.39 is 20.7 Å². The molecule has 0 saturated carbocycles. The number of aryl methyl sites for hydroxylation is 1. The Balaban J connectivity index is 1.70. The lowest BCUT2D eigenvalue weighted by Gasteiger charge is -2.32. The fraction of sp³-hybridized carbons (Fsp3) is 0.381. The molecule has 0 unspecified atom stereocenters. The van der Waals surface area contributed by atoms with Crippen LogP contribution in [0, 0.1) is 12.7 Å². The second-order valence-electron chi connectivity index (χ2n) is 7.10. The number of piperidine rings is 1. The van der Waals surface area contributed by atoms with Gasteiger partial charge in [0, 0.05) is 36.8 Å². The highest BCUT2D eigenvalue weighted by Gasteiger charge is 2.33. The Bertz CT molecular complexity index is 1030. The molecule has 1 aliphatic heterocycles. The maximum absolute atomic E-state index is 14.5. The summed E-state index contributed by atoms with van der Waals surface area (Å²) in [5.41, 5.74) is 1.47. The van der Waals surface area contributed by atoms with Crippen molar-refractivity contribution in [3.8, 4) is 11.5 Å². The molecule has 0 spiro atoms. The van der Waals surface area contributed by atoms with E-state index in [1.54, 1.807) is 12.1 Å². The Kier molecular flexibility index (Phi) is 6.62. The van der Waals surface area contributed by atoms with Gasteiger partial charge in [-0.3, -0.25) is 4.79 Å². The number of hydrogen-bond donors (Lipinski definition) is 1. The van der Waals surface area contributed by atoms with Gasteiger partial charge < -0.3 is 14.8 Å². The number of nitrogens with zero attached hydrogens (tertiary/aromatic N) is 1. The molecule has 3 rings (SSSR count). The zero-order valence-corrected chi connectivity index (χ0v) is 18.0. The van der Waals surface area contributed by atoms with E-state index in [2.05, 4.69) is 5.32 Å². The first-order valence-corrected chi connectivity index (χ1v) is 11.0. The first kappa shape index (κ1) is 22.0. The summed E-state index contributed by atoms with van der Waals surface area (Å²) in [5, 5.41) is 2.96. The topological polar surface area (TPSA) is 84.9 Å². The molecule has 0 bridgehead atoms. The zero-order chi connectivity index (χ0) is 21.9. The molecule has 1 heterocycles. The van der Waals surface area contributed by atoms with Crippen LogP contribution in [0.5, 0.6) is 11.5 Å². The minimum atomic E-state index is -4.05. The van der Waals surface area contributed by atoms with Crippen molar-refractivity contribution < 1.29 is 27.1 Å². The molecule has 30 heavy (non-hydrogen) atoms. The van der Waals surface area contributed by atoms with Gasteiger partial charge in [0.1, 0.15) is 10.7 Å². The zero-order valence-electron chi connectivity index (χ0n) is 17.1. The third-order valence-electron chi connectivity index (χ3n) is 5.23. The monoisotopic (exact) mass is 436 g/mol.